The Labute approximate surface area is 188 Å². The minimum absolute atomic E-state index is 0.111. The van der Waals surface area contributed by atoms with Crippen molar-refractivity contribution in [2.45, 2.75) is 51.0 Å². The van der Waals surface area contributed by atoms with Crippen LogP contribution in [0.25, 0.3) is 0 Å². The van der Waals surface area contributed by atoms with Crippen molar-refractivity contribution >= 4 is 30.3 Å². The fraction of sp³-hybridized carbons (Fsp3) is 0.609. The largest absolute Gasteiger partial charge is 0.481 e. The molecular weight excluding hydrogens is 410 g/mol. The van der Waals surface area contributed by atoms with E-state index in [1.165, 1.54) is 6.20 Å². The fourth-order valence-corrected chi connectivity index (χ4v) is 4.49. The summed E-state index contributed by atoms with van der Waals surface area (Å²) in [4.78, 5) is 46.7. The third-order valence-corrected chi connectivity index (χ3v) is 6.40. The molecule has 3 N–H and O–H groups in total. The van der Waals surface area contributed by atoms with Gasteiger partial charge in [-0.2, -0.15) is 0 Å². The molecule has 2 aliphatic rings. The highest BCUT2D eigenvalue weighted by Gasteiger charge is 2.30. The number of rotatable bonds is 9. The summed E-state index contributed by atoms with van der Waals surface area (Å²) in [6.07, 6.45) is 6.36. The molecule has 3 heterocycles. The molecule has 3 rings (SSSR count). The van der Waals surface area contributed by atoms with Crippen LogP contribution in [0.2, 0.25) is 0 Å². The van der Waals surface area contributed by atoms with Gasteiger partial charge in [0.1, 0.15) is 0 Å². The molecule has 0 aliphatic carbocycles. The van der Waals surface area contributed by atoms with Gasteiger partial charge in [-0.05, 0) is 69.5 Å². The van der Waals surface area contributed by atoms with Gasteiger partial charge < -0.3 is 20.6 Å². The van der Waals surface area contributed by atoms with Crippen molar-refractivity contribution in [3.8, 4) is 0 Å². The van der Waals surface area contributed by atoms with Crippen LogP contribution < -0.4 is 10.6 Å². The molecule has 2 amide bonds. The van der Waals surface area contributed by atoms with E-state index in [9.17, 15) is 19.5 Å². The first-order valence-corrected chi connectivity index (χ1v) is 11.4. The number of pyridine rings is 1. The molecule has 2 atom stereocenters. The monoisotopic (exact) mass is 443 g/mol. The van der Waals surface area contributed by atoms with Crippen molar-refractivity contribution in [3.05, 3.63) is 23.9 Å². The molecule has 0 radical (unpaired) electrons. The summed E-state index contributed by atoms with van der Waals surface area (Å²) in [5.41, 5.74) is 0.596. The van der Waals surface area contributed by atoms with Crippen molar-refractivity contribution in [2.24, 2.45) is 16.8 Å². The lowest BCUT2D eigenvalue weighted by Gasteiger charge is -2.33. The van der Waals surface area contributed by atoms with E-state index in [-0.39, 0.29) is 24.2 Å². The lowest BCUT2D eigenvalue weighted by atomic mass is 9.92. The topological polar surface area (TPSA) is 124 Å². The average Bonchev–Trinajstić information content (AvgIpc) is 2.82. The molecule has 1 aromatic heterocycles. The third kappa shape index (κ3) is 6.85. The number of carboxylic acid groups (broad SMARTS) is 1. The maximum absolute atomic E-state index is 13.0. The van der Waals surface area contributed by atoms with Crippen molar-refractivity contribution in [1.29, 1.82) is 0 Å². The molecule has 9 heteroatoms. The Bertz CT molecular complexity index is 807. The normalized spacial score (nSPS) is 20.4. The van der Waals surface area contributed by atoms with Gasteiger partial charge in [0.25, 0.3) is 0 Å². The second kappa shape index (κ2) is 11.7. The maximum atomic E-state index is 13.0. The second-order valence-electron chi connectivity index (χ2n) is 8.68. The average molecular weight is 444 g/mol. The SMILES string of the molecule is C=Nc1ccc([C@H](CC(=O)O)NC(=O)[C@@H]2CCCN(C(=O)CCC3CCNCC3)C2)cn1. The summed E-state index contributed by atoms with van der Waals surface area (Å²) in [7, 11) is 0. The van der Waals surface area contributed by atoms with Crippen molar-refractivity contribution < 1.29 is 19.5 Å². The van der Waals surface area contributed by atoms with Gasteiger partial charge in [-0.15, -0.1) is 0 Å². The highest BCUT2D eigenvalue weighted by atomic mass is 16.4. The fourth-order valence-electron chi connectivity index (χ4n) is 4.49. The maximum Gasteiger partial charge on any atom is 0.305 e. The molecule has 32 heavy (non-hydrogen) atoms. The first-order valence-electron chi connectivity index (χ1n) is 11.4. The lowest BCUT2D eigenvalue weighted by molar-refractivity contribution is -0.138. The van der Waals surface area contributed by atoms with Crippen LogP contribution in [-0.2, 0) is 14.4 Å². The highest BCUT2D eigenvalue weighted by Crippen LogP contribution is 2.24. The molecule has 0 bridgehead atoms. The summed E-state index contributed by atoms with van der Waals surface area (Å²) in [6.45, 7) is 6.51. The molecule has 0 spiro atoms. The number of hydrogen-bond acceptors (Lipinski definition) is 6. The highest BCUT2D eigenvalue weighted by molar-refractivity contribution is 5.82. The van der Waals surface area contributed by atoms with Gasteiger partial charge in [-0.1, -0.05) is 6.07 Å². The number of aliphatic imine (C=N–C) groups is 1. The van der Waals surface area contributed by atoms with E-state index in [0.717, 1.165) is 38.8 Å². The molecule has 174 valence electrons. The zero-order valence-electron chi connectivity index (χ0n) is 18.5. The first-order chi connectivity index (χ1) is 15.5. The molecule has 0 aromatic carbocycles. The van der Waals surface area contributed by atoms with Crippen molar-refractivity contribution in [3.63, 3.8) is 0 Å². The summed E-state index contributed by atoms with van der Waals surface area (Å²) in [5.74, 6) is -0.445. The van der Waals surface area contributed by atoms with Gasteiger partial charge in [0.15, 0.2) is 5.82 Å². The minimum atomic E-state index is -1.01. The van der Waals surface area contributed by atoms with Crippen molar-refractivity contribution in [2.75, 3.05) is 26.2 Å². The minimum Gasteiger partial charge on any atom is -0.481 e. The predicted octanol–water partition coefficient (Wildman–Crippen LogP) is 2.06. The van der Waals surface area contributed by atoms with E-state index in [0.29, 0.717) is 43.2 Å². The van der Waals surface area contributed by atoms with Crippen LogP contribution in [0.1, 0.15) is 56.6 Å². The van der Waals surface area contributed by atoms with E-state index in [2.05, 4.69) is 27.3 Å². The Kier molecular flexibility index (Phi) is 8.72. The van der Waals surface area contributed by atoms with Gasteiger partial charge in [0, 0.05) is 25.7 Å². The van der Waals surface area contributed by atoms with E-state index in [1.807, 2.05) is 0 Å². The molecule has 0 unspecified atom stereocenters. The zero-order chi connectivity index (χ0) is 22.9. The van der Waals surface area contributed by atoms with Gasteiger partial charge in [0.05, 0.1) is 18.4 Å². The first kappa shape index (κ1) is 23.8. The van der Waals surface area contributed by atoms with E-state index >= 15 is 0 Å². The number of piperidine rings is 2. The van der Waals surface area contributed by atoms with Crippen molar-refractivity contribution in [1.82, 2.24) is 20.5 Å². The molecular formula is C23H33N5O4. The number of likely N-dealkylation sites (tertiary alicyclic amines) is 1. The summed E-state index contributed by atoms with van der Waals surface area (Å²) >= 11 is 0. The number of nitrogens with one attached hydrogen (secondary N) is 2. The molecule has 0 saturated carbocycles. The van der Waals surface area contributed by atoms with Gasteiger partial charge in [0.2, 0.25) is 11.8 Å². The second-order valence-corrected chi connectivity index (χ2v) is 8.68. The standard InChI is InChI=1S/C23H33N5O4/c1-24-20-6-5-17(14-26-20)19(13-22(30)31)27-23(32)18-3-2-12-28(15-18)21(29)7-4-16-8-10-25-11-9-16/h5-6,14,16,18-19,25H,1-4,7-13,15H2,(H,27,32)(H,30,31)/t18-,19+/m1/s1. The third-order valence-electron chi connectivity index (χ3n) is 6.40. The molecule has 9 nitrogen and oxygen atoms in total. The Morgan fingerprint density at radius 3 is 2.72 bits per heavy atom. The Morgan fingerprint density at radius 2 is 2.06 bits per heavy atom. The number of carbonyl (C=O) groups is 3. The zero-order valence-corrected chi connectivity index (χ0v) is 18.5. The van der Waals surface area contributed by atoms with Gasteiger partial charge >= 0.3 is 5.97 Å². The van der Waals surface area contributed by atoms with Gasteiger partial charge in [-0.3, -0.25) is 14.4 Å². The molecule has 1 aromatic rings. The van der Waals surface area contributed by atoms with Crippen LogP contribution in [0, 0.1) is 11.8 Å². The van der Waals surface area contributed by atoms with Crippen LogP contribution in [-0.4, -0.2) is 65.7 Å². The Balaban J connectivity index is 1.56. The van der Waals surface area contributed by atoms with Gasteiger partial charge in [-0.25, -0.2) is 9.98 Å². The number of hydrogen-bond donors (Lipinski definition) is 3. The van der Waals surface area contributed by atoms with Crippen LogP contribution >= 0.6 is 0 Å². The van der Waals surface area contributed by atoms with Crippen LogP contribution in [0.3, 0.4) is 0 Å². The summed E-state index contributed by atoms with van der Waals surface area (Å²) in [6, 6.07) is 2.63. The molecule has 2 saturated heterocycles. The Hall–Kier alpha value is -2.81. The van der Waals surface area contributed by atoms with Crippen LogP contribution in [0.5, 0.6) is 0 Å². The predicted molar refractivity (Wildman–Crippen MR) is 121 cm³/mol. The summed E-state index contributed by atoms with van der Waals surface area (Å²) in [5, 5.41) is 15.5. The number of carboxylic acids is 1. The van der Waals surface area contributed by atoms with Crippen LogP contribution in [0.4, 0.5) is 5.82 Å². The Morgan fingerprint density at radius 1 is 1.28 bits per heavy atom. The number of aliphatic carboxylic acids is 1. The number of amides is 2. The molecule has 2 fully saturated rings. The molecule has 2 aliphatic heterocycles. The number of nitrogens with zero attached hydrogens (tertiary/aromatic N) is 3. The summed E-state index contributed by atoms with van der Waals surface area (Å²) < 4.78 is 0. The lowest BCUT2D eigenvalue weighted by Crippen LogP contribution is -2.46. The number of aromatic nitrogens is 1. The quantitative estimate of drug-likeness (QED) is 0.502. The van der Waals surface area contributed by atoms with Crippen LogP contribution in [0.15, 0.2) is 23.3 Å². The van der Waals surface area contributed by atoms with E-state index < -0.39 is 12.0 Å². The smallest absolute Gasteiger partial charge is 0.305 e. The van der Waals surface area contributed by atoms with E-state index in [1.54, 1.807) is 17.0 Å². The van der Waals surface area contributed by atoms with E-state index in [4.69, 9.17) is 0 Å². The number of carbonyl (C=O) groups excluding carboxylic acids is 2.